The second-order valence-electron chi connectivity index (χ2n) is 6.36. The lowest BCUT2D eigenvalue weighted by Gasteiger charge is -2.11. The number of carbonyl (C=O) groups excluding carboxylic acids is 1. The molecule has 4 rings (SSSR count). The molecule has 0 aliphatic carbocycles. The Morgan fingerprint density at radius 1 is 1.00 bits per heavy atom. The lowest BCUT2D eigenvalue weighted by atomic mass is 10.2. The van der Waals surface area contributed by atoms with Gasteiger partial charge in [-0.25, -0.2) is 0 Å². The summed E-state index contributed by atoms with van der Waals surface area (Å²) in [5, 5.41) is 13.7. The number of halogens is 2. The van der Waals surface area contributed by atoms with Crippen LogP contribution in [0, 0.1) is 0 Å². The highest BCUT2D eigenvalue weighted by Crippen LogP contribution is 2.28. The first kappa shape index (κ1) is 19.9. The van der Waals surface area contributed by atoms with Crippen molar-refractivity contribution in [3.8, 4) is 28.8 Å². The van der Waals surface area contributed by atoms with E-state index in [1.54, 1.807) is 66.0 Å². The normalized spacial score (nSPS) is 12.0. The van der Waals surface area contributed by atoms with Crippen LogP contribution in [-0.4, -0.2) is 31.8 Å². The minimum atomic E-state index is -0.729. The van der Waals surface area contributed by atoms with Gasteiger partial charge in [-0.05, 0) is 55.5 Å². The number of primary amides is 1. The lowest BCUT2D eigenvalue weighted by molar-refractivity contribution is -0.123. The number of benzene rings is 2. The van der Waals surface area contributed by atoms with E-state index in [2.05, 4.69) is 15.3 Å². The Morgan fingerprint density at radius 3 is 2.33 bits per heavy atom. The van der Waals surface area contributed by atoms with Crippen LogP contribution in [0.1, 0.15) is 6.92 Å². The fourth-order valence-electron chi connectivity index (χ4n) is 2.66. The molecule has 1 atom stereocenters. The third-order valence-corrected chi connectivity index (χ3v) is 4.56. The SMILES string of the molecule is CC(Oc1ccc(Oc2ccc3nnc(-c4cc(Cl)cc(Cl)c4)n3n2)cc1)C(N)=O. The van der Waals surface area contributed by atoms with Gasteiger partial charge in [0.15, 0.2) is 17.6 Å². The first-order chi connectivity index (χ1) is 14.4. The Balaban J connectivity index is 1.59. The number of ether oxygens (including phenoxy) is 2. The predicted octanol–water partition coefficient (Wildman–Crippen LogP) is 4.14. The fraction of sp³-hybridized carbons (Fsp3) is 0.100. The van der Waals surface area contributed by atoms with Gasteiger partial charge in [0.05, 0.1) is 0 Å². The highest BCUT2D eigenvalue weighted by Gasteiger charge is 2.13. The number of hydrogen-bond acceptors (Lipinski definition) is 6. The summed E-state index contributed by atoms with van der Waals surface area (Å²) in [5.41, 5.74) is 6.41. The molecule has 4 aromatic rings. The first-order valence-electron chi connectivity index (χ1n) is 8.82. The van der Waals surface area contributed by atoms with Gasteiger partial charge in [-0.3, -0.25) is 4.79 Å². The average molecular weight is 444 g/mol. The van der Waals surface area contributed by atoms with Crippen molar-refractivity contribution >= 4 is 34.8 Å². The Hall–Kier alpha value is -3.36. The molecule has 152 valence electrons. The number of nitrogens with two attached hydrogens (primary N) is 1. The maximum absolute atomic E-state index is 11.1. The summed E-state index contributed by atoms with van der Waals surface area (Å²) in [7, 11) is 0. The van der Waals surface area contributed by atoms with Crippen molar-refractivity contribution in [1.29, 1.82) is 0 Å². The van der Waals surface area contributed by atoms with Gasteiger partial charge in [0.2, 0.25) is 5.88 Å². The highest BCUT2D eigenvalue weighted by atomic mass is 35.5. The maximum Gasteiger partial charge on any atom is 0.258 e. The number of hydrogen-bond donors (Lipinski definition) is 1. The molecule has 2 aromatic carbocycles. The van der Waals surface area contributed by atoms with Crippen LogP contribution in [0.2, 0.25) is 10.0 Å². The molecule has 0 fully saturated rings. The fourth-order valence-corrected chi connectivity index (χ4v) is 3.18. The molecule has 8 nitrogen and oxygen atoms in total. The molecule has 2 aromatic heterocycles. The van der Waals surface area contributed by atoms with Crippen LogP contribution in [0.4, 0.5) is 0 Å². The largest absolute Gasteiger partial charge is 0.481 e. The van der Waals surface area contributed by atoms with Crippen molar-refractivity contribution in [2.75, 3.05) is 0 Å². The number of rotatable bonds is 6. The molecule has 1 amide bonds. The van der Waals surface area contributed by atoms with Crippen molar-refractivity contribution in [1.82, 2.24) is 19.8 Å². The van der Waals surface area contributed by atoms with Crippen LogP contribution in [0.25, 0.3) is 17.0 Å². The van der Waals surface area contributed by atoms with E-state index < -0.39 is 12.0 Å². The molecular formula is C20H15Cl2N5O3. The van der Waals surface area contributed by atoms with Gasteiger partial charge < -0.3 is 15.2 Å². The van der Waals surface area contributed by atoms with Crippen LogP contribution in [0.5, 0.6) is 17.4 Å². The van der Waals surface area contributed by atoms with E-state index >= 15 is 0 Å². The molecule has 1 unspecified atom stereocenters. The van der Waals surface area contributed by atoms with Crippen LogP contribution in [-0.2, 0) is 4.79 Å². The first-order valence-corrected chi connectivity index (χ1v) is 9.57. The third-order valence-electron chi connectivity index (χ3n) is 4.12. The molecule has 0 aliphatic heterocycles. The summed E-state index contributed by atoms with van der Waals surface area (Å²) in [4.78, 5) is 11.1. The molecule has 10 heteroatoms. The Bertz CT molecular complexity index is 1210. The Kier molecular flexibility index (Phi) is 5.43. The van der Waals surface area contributed by atoms with Crippen molar-refractivity contribution in [3.05, 3.63) is 64.6 Å². The summed E-state index contributed by atoms with van der Waals surface area (Å²) >= 11 is 12.2. The zero-order chi connectivity index (χ0) is 21.3. The van der Waals surface area contributed by atoms with Crippen molar-refractivity contribution in [3.63, 3.8) is 0 Å². The van der Waals surface area contributed by atoms with Gasteiger partial charge in [0.25, 0.3) is 5.91 Å². The zero-order valence-corrected chi connectivity index (χ0v) is 17.1. The molecule has 2 heterocycles. The van der Waals surface area contributed by atoms with Crippen LogP contribution in [0.3, 0.4) is 0 Å². The van der Waals surface area contributed by atoms with E-state index in [-0.39, 0.29) is 0 Å². The monoisotopic (exact) mass is 443 g/mol. The van der Waals surface area contributed by atoms with E-state index in [0.29, 0.717) is 44.5 Å². The lowest BCUT2D eigenvalue weighted by Crippen LogP contribution is -2.30. The number of aromatic nitrogens is 4. The van der Waals surface area contributed by atoms with Gasteiger partial charge in [-0.1, -0.05) is 23.2 Å². The molecule has 0 spiro atoms. The van der Waals surface area contributed by atoms with Crippen molar-refractivity contribution in [2.24, 2.45) is 5.73 Å². The number of fused-ring (bicyclic) bond motifs is 1. The van der Waals surface area contributed by atoms with E-state index in [1.807, 2.05) is 0 Å². The highest BCUT2D eigenvalue weighted by molar-refractivity contribution is 6.35. The van der Waals surface area contributed by atoms with Gasteiger partial charge in [-0.15, -0.1) is 15.3 Å². The van der Waals surface area contributed by atoms with Gasteiger partial charge in [0, 0.05) is 21.7 Å². The van der Waals surface area contributed by atoms with Crippen molar-refractivity contribution < 1.29 is 14.3 Å². The van der Waals surface area contributed by atoms with E-state index in [9.17, 15) is 4.79 Å². The topological polar surface area (TPSA) is 105 Å². The second-order valence-corrected chi connectivity index (χ2v) is 7.23. The summed E-state index contributed by atoms with van der Waals surface area (Å²) in [5.74, 6) is 1.29. The van der Waals surface area contributed by atoms with Crippen LogP contribution < -0.4 is 15.2 Å². The molecule has 0 radical (unpaired) electrons. The molecule has 0 aliphatic rings. The maximum atomic E-state index is 11.1. The molecule has 30 heavy (non-hydrogen) atoms. The van der Waals surface area contributed by atoms with Gasteiger partial charge in [0.1, 0.15) is 11.5 Å². The summed E-state index contributed by atoms with van der Waals surface area (Å²) in [6.45, 7) is 1.58. The predicted molar refractivity (Wildman–Crippen MR) is 112 cm³/mol. The zero-order valence-electron chi connectivity index (χ0n) is 15.6. The van der Waals surface area contributed by atoms with Gasteiger partial charge in [-0.2, -0.15) is 4.52 Å². The van der Waals surface area contributed by atoms with Crippen LogP contribution in [0.15, 0.2) is 54.6 Å². The standard InChI is InChI=1S/C20H15Cl2N5O3/c1-11(19(23)28)29-15-2-4-16(5-3-15)30-18-7-6-17-24-25-20(27(17)26-18)12-8-13(21)10-14(22)9-12/h2-11H,1H3,(H2,23,28). The summed E-state index contributed by atoms with van der Waals surface area (Å²) in [6, 6.07) is 15.2. The minimum absolute atomic E-state index is 0.329. The van der Waals surface area contributed by atoms with Crippen LogP contribution >= 0.6 is 23.2 Å². The molecular weight excluding hydrogens is 429 g/mol. The molecule has 0 saturated carbocycles. The average Bonchev–Trinajstić information content (AvgIpc) is 3.12. The molecule has 0 saturated heterocycles. The third kappa shape index (κ3) is 4.29. The second kappa shape index (κ2) is 8.17. The molecule has 2 N–H and O–H groups in total. The number of carbonyl (C=O) groups is 1. The Morgan fingerprint density at radius 2 is 1.67 bits per heavy atom. The summed E-state index contributed by atoms with van der Waals surface area (Å²) < 4.78 is 12.8. The molecule has 0 bridgehead atoms. The minimum Gasteiger partial charge on any atom is -0.481 e. The van der Waals surface area contributed by atoms with E-state index in [0.717, 1.165) is 0 Å². The summed E-state index contributed by atoms with van der Waals surface area (Å²) in [6.07, 6.45) is -0.729. The quantitative estimate of drug-likeness (QED) is 0.479. The Labute approximate surface area is 181 Å². The smallest absolute Gasteiger partial charge is 0.258 e. The van der Waals surface area contributed by atoms with E-state index in [1.165, 1.54) is 0 Å². The van der Waals surface area contributed by atoms with Gasteiger partial charge >= 0.3 is 0 Å². The van der Waals surface area contributed by atoms with E-state index in [4.69, 9.17) is 38.4 Å². The number of nitrogens with zero attached hydrogens (tertiary/aromatic N) is 4. The van der Waals surface area contributed by atoms with Crippen molar-refractivity contribution in [2.45, 2.75) is 13.0 Å². The number of amides is 1.